The third-order valence-electron chi connectivity index (χ3n) is 2.44. The number of benzene rings is 1. The van der Waals surface area contributed by atoms with Crippen LogP contribution in [0.25, 0.3) is 11.3 Å². The first-order chi connectivity index (χ1) is 8.15. The molecule has 0 atom stereocenters. The van der Waals surface area contributed by atoms with Crippen molar-refractivity contribution in [1.82, 2.24) is 9.55 Å². The normalized spacial score (nSPS) is 9.88. The molecule has 84 valence electrons. The molecule has 0 aliphatic rings. The van der Waals surface area contributed by atoms with Crippen molar-refractivity contribution in [2.24, 2.45) is 7.05 Å². The lowest BCUT2D eigenvalue weighted by Crippen LogP contribution is -2.06. The average Bonchev–Trinajstić information content (AvgIpc) is 2.67. The quantitative estimate of drug-likeness (QED) is 0.846. The molecule has 1 aromatic carbocycles. The summed E-state index contributed by atoms with van der Waals surface area (Å²) in [5.74, 6) is -1.29. The number of aromatic carboxylic acids is 1. The molecule has 5 nitrogen and oxygen atoms in total. The average molecular weight is 227 g/mol. The molecule has 0 bridgehead atoms. The van der Waals surface area contributed by atoms with E-state index in [1.54, 1.807) is 12.1 Å². The fourth-order valence-corrected chi connectivity index (χ4v) is 1.62. The number of nitrogens with zero attached hydrogens (tertiary/aromatic N) is 3. The molecule has 1 N–H and O–H groups in total. The van der Waals surface area contributed by atoms with Gasteiger partial charge in [-0.1, -0.05) is 30.3 Å². The molecule has 0 spiro atoms. The van der Waals surface area contributed by atoms with Crippen LogP contribution in [0.5, 0.6) is 0 Å². The van der Waals surface area contributed by atoms with Crippen LogP contribution in [0.1, 0.15) is 16.3 Å². The minimum Gasteiger partial charge on any atom is -0.475 e. The summed E-state index contributed by atoms with van der Waals surface area (Å²) in [6.07, 6.45) is 0. The van der Waals surface area contributed by atoms with Crippen molar-refractivity contribution in [3.05, 3.63) is 41.9 Å². The largest absolute Gasteiger partial charge is 0.475 e. The van der Waals surface area contributed by atoms with E-state index >= 15 is 0 Å². The molecule has 0 aliphatic carbocycles. The van der Waals surface area contributed by atoms with Gasteiger partial charge in [0.05, 0.1) is 0 Å². The summed E-state index contributed by atoms with van der Waals surface area (Å²) in [4.78, 5) is 14.9. The summed E-state index contributed by atoms with van der Waals surface area (Å²) < 4.78 is 1.28. The SMILES string of the molecule is Cn1c(C(=O)O)nc(-c2ccccc2)c1C#N. The van der Waals surface area contributed by atoms with Gasteiger partial charge in [-0.05, 0) is 0 Å². The zero-order valence-corrected chi connectivity index (χ0v) is 9.08. The fourth-order valence-electron chi connectivity index (χ4n) is 1.62. The van der Waals surface area contributed by atoms with Gasteiger partial charge < -0.3 is 9.67 Å². The van der Waals surface area contributed by atoms with Crippen molar-refractivity contribution in [1.29, 1.82) is 5.26 Å². The molecule has 0 amide bonds. The summed E-state index contributed by atoms with van der Waals surface area (Å²) in [6, 6.07) is 11.0. The number of carboxylic acid groups (broad SMARTS) is 1. The van der Waals surface area contributed by atoms with Gasteiger partial charge in [-0.25, -0.2) is 9.78 Å². The maximum absolute atomic E-state index is 10.9. The van der Waals surface area contributed by atoms with E-state index in [9.17, 15) is 4.79 Å². The summed E-state index contributed by atoms with van der Waals surface area (Å²) in [6.45, 7) is 0. The van der Waals surface area contributed by atoms with E-state index in [2.05, 4.69) is 4.98 Å². The lowest BCUT2D eigenvalue weighted by molar-refractivity contribution is 0.0679. The summed E-state index contributed by atoms with van der Waals surface area (Å²) in [7, 11) is 1.52. The Labute approximate surface area is 97.6 Å². The van der Waals surface area contributed by atoms with Gasteiger partial charge in [-0.15, -0.1) is 0 Å². The first-order valence-corrected chi connectivity index (χ1v) is 4.90. The Morgan fingerprint density at radius 2 is 2.06 bits per heavy atom. The molecule has 17 heavy (non-hydrogen) atoms. The Balaban J connectivity index is 2.68. The van der Waals surface area contributed by atoms with Crippen LogP contribution in [0.3, 0.4) is 0 Å². The van der Waals surface area contributed by atoms with Crippen molar-refractivity contribution < 1.29 is 9.90 Å². The van der Waals surface area contributed by atoms with E-state index in [1.165, 1.54) is 11.6 Å². The zero-order chi connectivity index (χ0) is 12.4. The third-order valence-corrected chi connectivity index (χ3v) is 2.44. The zero-order valence-electron chi connectivity index (χ0n) is 9.08. The second-order valence-electron chi connectivity index (χ2n) is 3.47. The van der Waals surface area contributed by atoms with E-state index in [0.29, 0.717) is 5.69 Å². The smallest absolute Gasteiger partial charge is 0.372 e. The van der Waals surface area contributed by atoms with Gasteiger partial charge in [0.2, 0.25) is 5.82 Å². The lowest BCUT2D eigenvalue weighted by atomic mass is 10.1. The first-order valence-electron chi connectivity index (χ1n) is 4.90. The summed E-state index contributed by atoms with van der Waals surface area (Å²) in [5, 5.41) is 18.0. The molecule has 0 saturated heterocycles. The predicted molar refractivity (Wildman–Crippen MR) is 60.3 cm³/mol. The van der Waals surface area contributed by atoms with Crippen LogP contribution in [-0.4, -0.2) is 20.6 Å². The molecule has 5 heteroatoms. The molecule has 0 radical (unpaired) electrons. The molecule has 0 unspecified atom stereocenters. The highest BCUT2D eigenvalue weighted by Crippen LogP contribution is 2.22. The van der Waals surface area contributed by atoms with Crippen LogP contribution in [0.15, 0.2) is 30.3 Å². The van der Waals surface area contributed by atoms with Crippen molar-refractivity contribution >= 4 is 5.97 Å². The van der Waals surface area contributed by atoms with E-state index in [1.807, 2.05) is 24.3 Å². The van der Waals surface area contributed by atoms with Gasteiger partial charge in [-0.3, -0.25) is 0 Å². The van der Waals surface area contributed by atoms with Crippen LogP contribution in [0.2, 0.25) is 0 Å². The Kier molecular flexibility index (Phi) is 2.63. The highest BCUT2D eigenvalue weighted by Gasteiger charge is 2.19. The fraction of sp³-hybridized carbons (Fsp3) is 0.0833. The molecule has 0 aliphatic heterocycles. The van der Waals surface area contributed by atoms with Gasteiger partial charge >= 0.3 is 5.97 Å². The number of hydrogen-bond donors (Lipinski definition) is 1. The van der Waals surface area contributed by atoms with Crippen LogP contribution >= 0.6 is 0 Å². The highest BCUT2D eigenvalue weighted by molar-refractivity contribution is 5.85. The van der Waals surface area contributed by atoms with Gasteiger partial charge in [-0.2, -0.15) is 5.26 Å². The summed E-state index contributed by atoms with van der Waals surface area (Å²) in [5.41, 5.74) is 1.37. The first kappa shape index (κ1) is 10.9. The van der Waals surface area contributed by atoms with Gasteiger partial charge in [0.1, 0.15) is 17.5 Å². The van der Waals surface area contributed by atoms with Crippen LogP contribution in [0.4, 0.5) is 0 Å². The van der Waals surface area contributed by atoms with E-state index in [-0.39, 0.29) is 11.5 Å². The molecular weight excluding hydrogens is 218 g/mol. The van der Waals surface area contributed by atoms with E-state index < -0.39 is 5.97 Å². The molecule has 0 fully saturated rings. The number of carboxylic acids is 1. The Hall–Kier alpha value is -2.61. The van der Waals surface area contributed by atoms with Crippen LogP contribution in [0, 0.1) is 11.3 Å². The predicted octanol–water partition coefficient (Wildman–Crippen LogP) is 1.66. The Morgan fingerprint density at radius 3 is 2.59 bits per heavy atom. The minimum absolute atomic E-state index is 0.139. The summed E-state index contributed by atoms with van der Waals surface area (Å²) >= 11 is 0. The van der Waals surface area contributed by atoms with Crippen molar-refractivity contribution in [2.75, 3.05) is 0 Å². The van der Waals surface area contributed by atoms with Crippen molar-refractivity contribution in [3.63, 3.8) is 0 Å². The Morgan fingerprint density at radius 1 is 1.41 bits per heavy atom. The lowest BCUT2D eigenvalue weighted by Gasteiger charge is -1.97. The molecular formula is C12H9N3O2. The molecule has 1 heterocycles. The molecule has 1 aromatic heterocycles. The molecule has 2 aromatic rings. The maximum Gasteiger partial charge on any atom is 0.372 e. The molecule has 0 saturated carbocycles. The second-order valence-corrected chi connectivity index (χ2v) is 3.47. The number of aromatic nitrogens is 2. The Bertz CT molecular complexity index is 609. The number of imidazole rings is 1. The number of rotatable bonds is 2. The monoisotopic (exact) mass is 227 g/mol. The van der Waals surface area contributed by atoms with Crippen molar-refractivity contribution in [3.8, 4) is 17.3 Å². The van der Waals surface area contributed by atoms with Crippen molar-refractivity contribution in [2.45, 2.75) is 0 Å². The molecule has 2 rings (SSSR count). The van der Waals surface area contributed by atoms with Gasteiger partial charge in [0.15, 0.2) is 0 Å². The highest BCUT2D eigenvalue weighted by atomic mass is 16.4. The van der Waals surface area contributed by atoms with Gasteiger partial charge in [0.25, 0.3) is 0 Å². The number of nitriles is 1. The second kappa shape index (κ2) is 4.10. The van der Waals surface area contributed by atoms with Crippen LogP contribution < -0.4 is 0 Å². The minimum atomic E-state index is -1.15. The maximum atomic E-state index is 10.9. The topological polar surface area (TPSA) is 78.9 Å². The van der Waals surface area contributed by atoms with E-state index in [4.69, 9.17) is 10.4 Å². The number of hydrogen-bond acceptors (Lipinski definition) is 3. The standard InChI is InChI=1S/C12H9N3O2/c1-15-9(7-13)10(14-11(15)12(16)17)8-5-3-2-4-6-8/h2-6H,1H3,(H,16,17). The van der Waals surface area contributed by atoms with Crippen LogP contribution in [-0.2, 0) is 7.05 Å². The van der Waals surface area contributed by atoms with E-state index in [0.717, 1.165) is 5.56 Å². The number of carbonyl (C=O) groups is 1. The third kappa shape index (κ3) is 1.76. The van der Waals surface area contributed by atoms with Gasteiger partial charge in [0, 0.05) is 12.6 Å².